The van der Waals surface area contributed by atoms with Crippen molar-refractivity contribution in [2.24, 2.45) is 0 Å². The molecule has 12 aromatic rings. The molecule has 0 aliphatic carbocycles. The van der Waals surface area contributed by atoms with E-state index < -0.39 is 0 Å². The highest BCUT2D eigenvalue weighted by Crippen LogP contribution is 2.43. The maximum absolute atomic E-state index is 14.4. The fourth-order valence-corrected chi connectivity index (χ4v) is 10.1. The average molecular weight is 847 g/mol. The Balaban J connectivity index is 0.940. The van der Waals surface area contributed by atoms with Gasteiger partial charge in [0.05, 0.1) is 21.3 Å². The monoisotopic (exact) mass is 846 g/mol. The highest BCUT2D eigenvalue weighted by atomic mass is 32.1. The number of thiazole rings is 1. The number of halogens is 2. The van der Waals surface area contributed by atoms with Crippen LogP contribution in [0.25, 0.3) is 69.8 Å². The molecule has 0 fully saturated rings. The van der Waals surface area contributed by atoms with Crippen LogP contribution in [0.5, 0.6) is 0 Å². The molecule has 64 heavy (non-hydrogen) atoms. The molecule has 0 aliphatic rings. The van der Waals surface area contributed by atoms with Gasteiger partial charge < -0.3 is 14.4 Å². The summed E-state index contributed by atoms with van der Waals surface area (Å²) in [5, 5.41) is 7.63. The zero-order valence-electron chi connectivity index (χ0n) is 34.2. The smallest absolute Gasteiger partial charge is 0.124 e. The molecule has 0 N–H and O–H groups in total. The molecule has 0 amide bonds. The van der Waals surface area contributed by atoms with Gasteiger partial charge in [-0.3, -0.25) is 0 Å². The molecule has 0 unspecified atom stereocenters. The molecule has 0 saturated carbocycles. The summed E-state index contributed by atoms with van der Waals surface area (Å²) in [4.78, 5) is 9.22. The Morgan fingerprint density at radius 3 is 1.53 bits per heavy atom. The lowest BCUT2D eigenvalue weighted by molar-refractivity contribution is 0.627. The van der Waals surface area contributed by atoms with Gasteiger partial charge in [0.15, 0.2) is 0 Å². The summed E-state index contributed by atoms with van der Waals surface area (Å²) >= 11 is 1.68. The molecule has 304 valence electrons. The highest BCUT2D eigenvalue weighted by Gasteiger charge is 2.19. The normalized spacial score (nSPS) is 11.6. The second-order valence-electron chi connectivity index (χ2n) is 15.9. The largest absolute Gasteiger partial charge is 0.310 e. The molecule has 0 saturated heterocycles. The van der Waals surface area contributed by atoms with Crippen molar-refractivity contribution in [1.82, 2.24) is 9.55 Å². The quantitative estimate of drug-likeness (QED) is 0.142. The third-order valence-electron chi connectivity index (χ3n) is 12.1. The number of rotatable bonds is 8. The minimum absolute atomic E-state index is 0.283. The van der Waals surface area contributed by atoms with Crippen molar-refractivity contribution in [3.8, 4) is 16.3 Å². The van der Waals surface area contributed by atoms with Gasteiger partial charge in [-0.25, -0.2) is 13.8 Å². The summed E-state index contributed by atoms with van der Waals surface area (Å²) in [7, 11) is 0. The number of hydrogen-bond acceptors (Lipinski definition) is 4. The average Bonchev–Trinajstić information content (AvgIpc) is 3.93. The second-order valence-corrected chi connectivity index (χ2v) is 17.0. The first kappa shape index (κ1) is 37.6. The van der Waals surface area contributed by atoms with E-state index in [1.54, 1.807) is 11.3 Å². The van der Waals surface area contributed by atoms with Crippen LogP contribution in [0.15, 0.2) is 218 Å². The van der Waals surface area contributed by atoms with Crippen molar-refractivity contribution >= 4 is 99.0 Å². The van der Waals surface area contributed by atoms with Gasteiger partial charge in [-0.05, 0) is 167 Å². The van der Waals surface area contributed by atoms with Gasteiger partial charge in [-0.15, -0.1) is 11.3 Å². The van der Waals surface area contributed by atoms with Crippen LogP contribution in [0.4, 0.5) is 42.9 Å². The Morgan fingerprint density at radius 2 is 0.891 bits per heavy atom. The van der Waals surface area contributed by atoms with E-state index in [0.29, 0.717) is 0 Å². The first-order valence-corrected chi connectivity index (χ1v) is 22.0. The predicted molar refractivity (Wildman–Crippen MR) is 264 cm³/mol. The van der Waals surface area contributed by atoms with E-state index in [4.69, 9.17) is 4.98 Å². The fraction of sp³-hybridized carbons (Fsp3) is 0. The number of hydrogen-bond donors (Lipinski definition) is 0. The van der Waals surface area contributed by atoms with Crippen molar-refractivity contribution < 1.29 is 8.78 Å². The maximum atomic E-state index is 14.4. The first-order valence-electron chi connectivity index (χ1n) is 21.2. The van der Waals surface area contributed by atoms with Crippen molar-refractivity contribution in [2.45, 2.75) is 0 Å². The number of anilines is 6. The summed E-state index contributed by atoms with van der Waals surface area (Å²) in [5.74, 6) is -0.567. The summed E-state index contributed by atoms with van der Waals surface area (Å²) in [6.45, 7) is 0. The summed E-state index contributed by atoms with van der Waals surface area (Å²) < 4.78 is 32.1. The Bertz CT molecular complexity index is 3660. The number of para-hydroxylation sites is 3. The van der Waals surface area contributed by atoms with E-state index in [-0.39, 0.29) is 11.6 Å². The summed E-state index contributed by atoms with van der Waals surface area (Å²) in [5.41, 5.74) is 10.9. The van der Waals surface area contributed by atoms with E-state index in [2.05, 4.69) is 160 Å². The molecule has 0 aliphatic heterocycles. The van der Waals surface area contributed by atoms with Crippen LogP contribution in [-0.4, -0.2) is 9.55 Å². The second kappa shape index (κ2) is 15.3. The number of nitrogens with zero attached hydrogens (tertiary/aromatic N) is 4. The molecule has 10 aromatic carbocycles. The first-order chi connectivity index (χ1) is 31.5. The third-order valence-corrected chi connectivity index (χ3v) is 13.2. The Kier molecular flexibility index (Phi) is 9.02. The lowest BCUT2D eigenvalue weighted by Gasteiger charge is -2.27. The van der Waals surface area contributed by atoms with Crippen molar-refractivity contribution in [2.75, 3.05) is 9.80 Å². The lowest BCUT2D eigenvalue weighted by atomic mass is 10.00. The van der Waals surface area contributed by atoms with Crippen LogP contribution >= 0.6 is 11.3 Å². The summed E-state index contributed by atoms with van der Waals surface area (Å²) in [6, 6.07) is 72.8. The van der Waals surface area contributed by atoms with Crippen LogP contribution in [0.1, 0.15) is 0 Å². The SMILES string of the molecule is Fc1ccc(N(c2ccc(-c3nc4ccccc4s3)cc2)c2ccc3c(ccc4cc(N(c5ccc(F)cc5)c5ccc6c(c5)c5ccccc5n6-c5ccccc5)ccc43)c2)cc1. The number of aromatic nitrogens is 2. The highest BCUT2D eigenvalue weighted by molar-refractivity contribution is 7.21. The molecule has 0 radical (unpaired) electrons. The van der Waals surface area contributed by atoms with Gasteiger partial charge in [-0.2, -0.15) is 0 Å². The number of fused-ring (bicyclic) bond motifs is 7. The van der Waals surface area contributed by atoms with Crippen molar-refractivity contribution in [3.63, 3.8) is 0 Å². The molecule has 4 nitrogen and oxygen atoms in total. The molecular formula is C57H36F2N4S. The fourth-order valence-electron chi connectivity index (χ4n) is 9.10. The molecule has 0 bridgehead atoms. The molecule has 2 heterocycles. The minimum Gasteiger partial charge on any atom is -0.310 e. The van der Waals surface area contributed by atoms with Gasteiger partial charge in [0.2, 0.25) is 0 Å². The van der Waals surface area contributed by atoms with Crippen LogP contribution in [0, 0.1) is 11.6 Å². The zero-order chi connectivity index (χ0) is 42.7. The molecule has 12 rings (SSSR count). The van der Waals surface area contributed by atoms with E-state index in [0.717, 1.165) is 104 Å². The molecular weight excluding hydrogens is 811 g/mol. The molecule has 0 atom stereocenters. The molecule has 2 aromatic heterocycles. The number of benzene rings is 10. The van der Waals surface area contributed by atoms with Crippen LogP contribution in [-0.2, 0) is 0 Å². The van der Waals surface area contributed by atoms with E-state index in [9.17, 15) is 8.78 Å². The third kappa shape index (κ3) is 6.53. The Labute approximate surface area is 371 Å². The van der Waals surface area contributed by atoms with Crippen LogP contribution in [0.2, 0.25) is 0 Å². The Hall–Kier alpha value is -8.13. The van der Waals surface area contributed by atoms with Crippen molar-refractivity contribution in [3.05, 3.63) is 230 Å². The topological polar surface area (TPSA) is 24.3 Å². The summed E-state index contributed by atoms with van der Waals surface area (Å²) in [6.07, 6.45) is 0. The van der Waals surface area contributed by atoms with Gasteiger partial charge in [0, 0.05) is 56.1 Å². The standard InChI is InChI=1S/C57H36F2N4S/c58-40-18-24-44(25-19-40)61(43-22-16-37(17-23-43)57-60-53-11-5-7-13-56(53)64-57)46-28-31-49-38(34-46)14-15-39-35-47(29-32-50(39)49)62(45-26-20-41(59)21-27-45)48-30-33-55-52(36-48)51-10-4-6-12-54(51)63(55)42-8-2-1-3-9-42/h1-36H. The van der Waals surface area contributed by atoms with Crippen LogP contribution < -0.4 is 9.80 Å². The van der Waals surface area contributed by atoms with Crippen LogP contribution in [0.3, 0.4) is 0 Å². The van der Waals surface area contributed by atoms with Gasteiger partial charge in [0.1, 0.15) is 16.6 Å². The van der Waals surface area contributed by atoms with Gasteiger partial charge in [-0.1, -0.05) is 72.8 Å². The molecule has 7 heteroatoms. The minimum atomic E-state index is -0.284. The molecule has 0 spiro atoms. The maximum Gasteiger partial charge on any atom is 0.124 e. The lowest BCUT2D eigenvalue weighted by Crippen LogP contribution is -2.10. The van der Waals surface area contributed by atoms with Gasteiger partial charge in [0.25, 0.3) is 0 Å². The van der Waals surface area contributed by atoms with Gasteiger partial charge >= 0.3 is 0 Å². The van der Waals surface area contributed by atoms with E-state index >= 15 is 0 Å². The van der Waals surface area contributed by atoms with E-state index in [1.165, 1.54) is 24.3 Å². The van der Waals surface area contributed by atoms with Crippen molar-refractivity contribution in [1.29, 1.82) is 0 Å². The zero-order valence-corrected chi connectivity index (χ0v) is 35.1. The predicted octanol–water partition coefficient (Wildman–Crippen LogP) is 16.6. The van der Waals surface area contributed by atoms with E-state index in [1.807, 2.05) is 48.5 Å². The Morgan fingerprint density at radius 1 is 0.391 bits per heavy atom.